The van der Waals surface area contributed by atoms with Crippen molar-refractivity contribution >= 4 is 23.6 Å². The monoisotopic (exact) mass is 239 g/mol. The Labute approximate surface area is 99.7 Å². The van der Waals surface area contributed by atoms with Gasteiger partial charge in [0, 0.05) is 12.3 Å². The number of amides is 2. The highest BCUT2D eigenvalue weighted by molar-refractivity contribution is 7.99. The SMILES string of the molecule is NC1=NC(=O)N(CC2CC2)C12CCCSC2. The first-order valence-corrected chi connectivity index (χ1v) is 7.12. The zero-order valence-corrected chi connectivity index (χ0v) is 10.1. The lowest BCUT2D eigenvalue weighted by Crippen LogP contribution is -2.57. The van der Waals surface area contributed by atoms with Crippen LogP contribution in [-0.4, -0.2) is 40.4 Å². The zero-order valence-electron chi connectivity index (χ0n) is 9.32. The third kappa shape index (κ3) is 1.52. The second kappa shape index (κ2) is 3.65. The van der Waals surface area contributed by atoms with Crippen LogP contribution in [0.1, 0.15) is 25.7 Å². The minimum atomic E-state index is -0.234. The highest BCUT2D eigenvalue weighted by Crippen LogP contribution is 2.39. The van der Waals surface area contributed by atoms with Crippen molar-refractivity contribution in [1.82, 2.24) is 4.90 Å². The fourth-order valence-electron chi connectivity index (χ4n) is 2.60. The second-order valence-corrected chi connectivity index (χ2v) is 6.13. The molecule has 88 valence electrons. The van der Waals surface area contributed by atoms with Crippen LogP contribution in [0.3, 0.4) is 0 Å². The molecule has 0 radical (unpaired) electrons. The molecular weight excluding hydrogens is 222 g/mol. The third-order valence-electron chi connectivity index (χ3n) is 3.80. The third-order valence-corrected chi connectivity index (χ3v) is 5.06. The van der Waals surface area contributed by atoms with Crippen LogP contribution in [0, 0.1) is 5.92 Å². The van der Waals surface area contributed by atoms with E-state index in [9.17, 15) is 4.79 Å². The first kappa shape index (κ1) is 10.4. The van der Waals surface area contributed by atoms with Crippen molar-refractivity contribution in [2.75, 3.05) is 18.1 Å². The average molecular weight is 239 g/mol. The summed E-state index contributed by atoms with van der Waals surface area (Å²) < 4.78 is 0. The molecule has 1 atom stereocenters. The van der Waals surface area contributed by atoms with Crippen molar-refractivity contribution in [1.29, 1.82) is 0 Å². The van der Waals surface area contributed by atoms with Gasteiger partial charge in [-0.3, -0.25) is 0 Å². The van der Waals surface area contributed by atoms with E-state index in [0.29, 0.717) is 11.8 Å². The molecule has 1 spiro atoms. The fourth-order valence-corrected chi connectivity index (χ4v) is 3.87. The van der Waals surface area contributed by atoms with E-state index < -0.39 is 0 Å². The lowest BCUT2D eigenvalue weighted by atomic mass is 9.92. The number of amidine groups is 1. The minimum Gasteiger partial charge on any atom is -0.385 e. The van der Waals surface area contributed by atoms with Crippen LogP contribution in [0.5, 0.6) is 0 Å². The van der Waals surface area contributed by atoms with Gasteiger partial charge in [0.05, 0.1) is 0 Å². The van der Waals surface area contributed by atoms with Gasteiger partial charge in [0.15, 0.2) is 0 Å². The average Bonchev–Trinajstić information content (AvgIpc) is 3.06. The molecule has 0 aromatic rings. The molecule has 1 unspecified atom stereocenters. The lowest BCUT2D eigenvalue weighted by molar-refractivity contribution is 0.170. The van der Waals surface area contributed by atoms with Crippen LogP contribution in [0.2, 0.25) is 0 Å². The van der Waals surface area contributed by atoms with Crippen LogP contribution in [-0.2, 0) is 0 Å². The Morgan fingerprint density at radius 3 is 3.00 bits per heavy atom. The highest BCUT2D eigenvalue weighted by atomic mass is 32.2. The number of hydrogen-bond acceptors (Lipinski definition) is 3. The summed E-state index contributed by atoms with van der Waals surface area (Å²) >= 11 is 1.89. The molecule has 1 saturated heterocycles. The van der Waals surface area contributed by atoms with Crippen molar-refractivity contribution in [3.05, 3.63) is 0 Å². The van der Waals surface area contributed by atoms with Gasteiger partial charge >= 0.3 is 6.03 Å². The van der Waals surface area contributed by atoms with Crippen LogP contribution >= 0.6 is 11.8 Å². The standard InChI is InChI=1S/C11H17N3OS/c12-9-11(4-1-5-16-7-11)14(10(15)13-9)6-8-2-3-8/h8H,1-7H2,(H2,12,13,15). The molecule has 2 fully saturated rings. The lowest BCUT2D eigenvalue weighted by Gasteiger charge is -2.40. The van der Waals surface area contributed by atoms with Gasteiger partial charge < -0.3 is 10.6 Å². The summed E-state index contributed by atoms with van der Waals surface area (Å²) in [5.74, 6) is 3.38. The van der Waals surface area contributed by atoms with Crippen LogP contribution in [0.25, 0.3) is 0 Å². The quantitative estimate of drug-likeness (QED) is 0.793. The molecule has 2 N–H and O–H groups in total. The van der Waals surface area contributed by atoms with Crippen molar-refractivity contribution in [3.63, 3.8) is 0 Å². The molecule has 4 nitrogen and oxygen atoms in total. The van der Waals surface area contributed by atoms with E-state index in [1.165, 1.54) is 18.6 Å². The largest absolute Gasteiger partial charge is 0.385 e. The molecule has 16 heavy (non-hydrogen) atoms. The molecule has 2 amide bonds. The van der Waals surface area contributed by atoms with Gasteiger partial charge in [-0.2, -0.15) is 16.8 Å². The molecule has 5 heteroatoms. The molecule has 0 bridgehead atoms. The number of rotatable bonds is 2. The summed E-state index contributed by atoms with van der Waals surface area (Å²) in [6, 6.07) is -0.105. The maximum atomic E-state index is 11.9. The molecule has 1 aliphatic carbocycles. The summed E-state index contributed by atoms with van der Waals surface area (Å²) in [6.45, 7) is 0.865. The number of aliphatic imine (C=N–C) groups is 1. The normalized spacial score (nSPS) is 34.6. The maximum Gasteiger partial charge on any atom is 0.346 e. The van der Waals surface area contributed by atoms with Gasteiger partial charge in [-0.1, -0.05) is 0 Å². The van der Waals surface area contributed by atoms with E-state index in [4.69, 9.17) is 5.73 Å². The molecule has 3 rings (SSSR count). The Morgan fingerprint density at radius 1 is 1.56 bits per heavy atom. The minimum absolute atomic E-state index is 0.105. The number of carbonyl (C=O) groups is 1. The van der Waals surface area contributed by atoms with E-state index in [2.05, 4.69) is 4.99 Å². The van der Waals surface area contributed by atoms with Crippen LogP contribution in [0.15, 0.2) is 4.99 Å². The molecule has 3 aliphatic rings. The summed E-state index contributed by atoms with van der Waals surface area (Å²) in [6.07, 6.45) is 4.64. The van der Waals surface area contributed by atoms with Gasteiger partial charge in [-0.05, 0) is 37.4 Å². The number of nitrogens with two attached hydrogens (primary N) is 1. The first-order valence-electron chi connectivity index (χ1n) is 5.96. The van der Waals surface area contributed by atoms with Gasteiger partial charge in [-0.25, -0.2) is 4.79 Å². The van der Waals surface area contributed by atoms with E-state index in [1.54, 1.807) is 0 Å². The Bertz CT molecular complexity index is 345. The molecule has 0 aromatic heterocycles. The molecule has 2 heterocycles. The number of urea groups is 1. The predicted molar refractivity (Wildman–Crippen MR) is 65.7 cm³/mol. The van der Waals surface area contributed by atoms with Crippen LogP contribution < -0.4 is 5.73 Å². The van der Waals surface area contributed by atoms with E-state index in [1.807, 2.05) is 16.7 Å². The fraction of sp³-hybridized carbons (Fsp3) is 0.818. The maximum absolute atomic E-state index is 11.9. The van der Waals surface area contributed by atoms with Crippen LogP contribution in [0.4, 0.5) is 4.79 Å². The van der Waals surface area contributed by atoms with Crippen molar-refractivity contribution in [3.8, 4) is 0 Å². The predicted octanol–water partition coefficient (Wildman–Crippen LogP) is 1.45. The summed E-state index contributed by atoms with van der Waals surface area (Å²) in [4.78, 5) is 17.8. The van der Waals surface area contributed by atoms with E-state index >= 15 is 0 Å². The molecule has 1 saturated carbocycles. The van der Waals surface area contributed by atoms with Gasteiger partial charge in [-0.15, -0.1) is 0 Å². The number of thioether (sulfide) groups is 1. The Balaban J connectivity index is 1.85. The van der Waals surface area contributed by atoms with Gasteiger partial charge in [0.1, 0.15) is 11.4 Å². The summed E-state index contributed by atoms with van der Waals surface area (Å²) in [7, 11) is 0. The second-order valence-electron chi connectivity index (χ2n) is 5.02. The van der Waals surface area contributed by atoms with Gasteiger partial charge in [0.2, 0.25) is 0 Å². The number of carbonyl (C=O) groups excluding carboxylic acids is 1. The zero-order chi connectivity index (χ0) is 11.2. The number of nitrogens with zero attached hydrogens (tertiary/aromatic N) is 2. The van der Waals surface area contributed by atoms with Gasteiger partial charge in [0.25, 0.3) is 0 Å². The van der Waals surface area contributed by atoms with Crippen molar-refractivity contribution in [2.45, 2.75) is 31.2 Å². The van der Waals surface area contributed by atoms with E-state index in [0.717, 1.165) is 25.1 Å². The van der Waals surface area contributed by atoms with E-state index in [-0.39, 0.29) is 11.6 Å². The molecule has 0 aromatic carbocycles. The highest BCUT2D eigenvalue weighted by Gasteiger charge is 2.50. The summed E-state index contributed by atoms with van der Waals surface area (Å²) in [5, 5.41) is 0. The smallest absolute Gasteiger partial charge is 0.346 e. The Hall–Kier alpha value is -0.710. The first-order chi connectivity index (χ1) is 7.72. The molecular formula is C11H17N3OS. The topological polar surface area (TPSA) is 58.7 Å². The van der Waals surface area contributed by atoms with Crippen molar-refractivity contribution in [2.24, 2.45) is 16.6 Å². The Kier molecular flexibility index (Phi) is 2.38. The molecule has 2 aliphatic heterocycles. The van der Waals surface area contributed by atoms with Crippen molar-refractivity contribution < 1.29 is 4.79 Å². The summed E-state index contributed by atoms with van der Waals surface area (Å²) in [5.41, 5.74) is 5.76. The Morgan fingerprint density at radius 2 is 2.38 bits per heavy atom. The number of hydrogen-bond donors (Lipinski definition) is 1.